The van der Waals surface area contributed by atoms with Gasteiger partial charge < -0.3 is 15.4 Å². The number of anilines is 1. The molecule has 0 fully saturated rings. The summed E-state index contributed by atoms with van der Waals surface area (Å²) < 4.78 is 5.17. The van der Waals surface area contributed by atoms with Gasteiger partial charge in [0.25, 0.3) is 0 Å². The molecule has 1 aromatic heterocycles. The maximum absolute atomic E-state index is 12.4. The first-order valence-electron chi connectivity index (χ1n) is 7.97. The normalized spacial score (nSPS) is 12.4. The van der Waals surface area contributed by atoms with Crippen molar-refractivity contribution in [2.24, 2.45) is 0 Å². The second-order valence-electron chi connectivity index (χ2n) is 6.65. The van der Waals surface area contributed by atoms with Crippen LogP contribution in [0.3, 0.4) is 0 Å². The molecule has 0 aliphatic rings. The van der Waals surface area contributed by atoms with E-state index in [1.165, 1.54) is 0 Å². The molecule has 0 aliphatic heterocycles. The Balaban J connectivity index is 2.07. The molecule has 2 amide bonds. The summed E-state index contributed by atoms with van der Waals surface area (Å²) in [5.41, 5.74) is 1.68. The number of thiazole rings is 1. The molecule has 1 heterocycles. The minimum Gasteiger partial charge on any atom is -0.444 e. The van der Waals surface area contributed by atoms with Gasteiger partial charge in [0.2, 0.25) is 5.91 Å². The van der Waals surface area contributed by atoms with Gasteiger partial charge in [0.15, 0.2) is 0 Å². The fourth-order valence-electron chi connectivity index (χ4n) is 2.09. The van der Waals surface area contributed by atoms with Crippen molar-refractivity contribution in [1.82, 2.24) is 10.3 Å². The Labute approximate surface area is 151 Å². The van der Waals surface area contributed by atoms with Gasteiger partial charge in [-0.2, -0.15) is 0 Å². The SMILES string of the molecule is Cc1nc(-c2ccccc2NC(=O)[C@@H](C)NC(=O)OC(C)(C)C)cs1. The van der Waals surface area contributed by atoms with Gasteiger partial charge in [-0.3, -0.25) is 4.79 Å². The lowest BCUT2D eigenvalue weighted by Crippen LogP contribution is -2.44. The maximum Gasteiger partial charge on any atom is 0.408 e. The van der Waals surface area contributed by atoms with E-state index in [-0.39, 0.29) is 5.91 Å². The van der Waals surface area contributed by atoms with Gasteiger partial charge in [-0.15, -0.1) is 11.3 Å². The average Bonchev–Trinajstić information content (AvgIpc) is 2.92. The lowest BCUT2D eigenvalue weighted by atomic mass is 10.1. The van der Waals surface area contributed by atoms with E-state index in [0.29, 0.717) is 5.69 Å². The molecule has 1 aromatic carbocycles. The van der Waals surface area contributed by atoms with E-state index in [0.717, 1.165) is 16.3 Å². The van der Waals surface area contributed by atoms with E-state index in [9.17, 15) is 9.59 Å². The molecule has 7 heteroatoms. The molecular formula is C18H23N3O3S. The third kappa shape index (κ3) is 5.56. The van der Waals surface area contributed by atoms with Gasteiger partial charge in [-0.1, -0.05) is 18.2 Å². The highest BCUT2D eigenvalue weighted by atomic mass is 32.1. The fourth-order valence-corrected chi connectivity index (χ4v) is 2.71. The van der Waals surface area contributed by atoms with Crippen LogP contribution in [-0.4, -0.2) is 28.6 Å². The van der Waals surface area contributed by atoms with Crippen molar-refractivity contribution >= 4 is 29.0 Å². The van der Waals surface area contributed by atoms with Crippen molar-refractivity contribution in [2.75, 3.05) is 5.32 Å². The quantitative estimate of drug-likeness (QED) is 0.863. The monoisotopic (exact) mass is 361 g/mol. The van der Waals surface area contributed by atoms with Gasteiger partial charge in [-0.25, -0.2) is 9.78 Å². The highest BCUT2D eigenvalue weighted by Crippen LogP contribution is 2.28. The van der Waals surface area contributed by atoms with Gasteiger partial charge in [-0.05, 0) is 40.7 Å². The number of rotatable bonds is 4. The lowest BCUT2D eigenvalue weighted by molar-refractivity contribution is -0.117. The highest BCUT2D eigenvalue weighted by molar-refractivity contribution is 7.09. The number of nitrogens with zero attached hydrogens (tertiary/aromatic N) is 1. The van der Waals surface area contributed by atoms with Crippen LogP contribution in [-0.2, 0) is 9.53 Å². The van der Waals surface area contributed by atoms with Crippen molar-refractivity contribution in [3.8, 4) is 11.3 Å². The number of para-hydroxylation sites is 1. The lowest BCUT2D eigenvalue weighted by Gasteiger charge is -2.22. The minimum atomic E-state index is -0.736. The standard InChI is InChI=1S/C18H23N3O3S/c1-11(19-17(23)24-18(3,4)5)16(22)21-14-9-7-6-8-13(14)15-10-25-12(2)20-15/h6-11H,1-5H3,(H,19,23)(H,21,22)/t11-/m1/s1. The van der Waals surface area contributed by atoms with Crippen molar-refractivity contribution in [3.63, 3.8) is 0 Å². The van der Waals surface area contributed by atoms with Crippen LogP contribution in [0.1, 0.15) is 32.7 Å². The van der Waals surface area contributed by atoms with E-state index >= 15 is 0 Å². The van der Waals surface area contributed by atoms with Crippen molar-refractivity contribution < 1.29 is 14.3 Å². The molecule has 0 unspecified atom stereocenters. The topological polar surface area (TPSA) is 80.3 Å². The molecule has 134 valence electrons. The van der Waals surface area contributed by atoms with Crippen LogP contribution in [0.5, 0.6) is 0 Å². The molecule has 0 aliphatic carbocycles. The summed E-state index contributed by atoms with van der Waals surface area (Å²) >= 11 is 1.55. The molecule has 0 saturated carbocycles. The molecule has 6 nitrogen and oxygen atoms in total. The Morgan fingerprint density at radius 3 is 2.52 bits per heavy atom. The third-order valence-corrected chi connectivity index (χ3v) is 3.98. The Morgan fingerprint density at radius 2 is 1.92 bits per heavy atom. The smallest absolute Gasteiger partial charge is 0.408 e. The molecule has 2 N–H and O–H groups in total. The molecule has 25 heavy (non-hydrogen) atoms. The van der Waals surface area contributed by atoms with E-state index in [1.807, 2.05) is 36.6 Å². The van der Waals surface area contributed by atoms with E-state index in [4.69, 9.17) is 4.74 Å². The van der Waals surface area contributed by atoms with Crippen LogP contribution >= 0.6 is 11.3 Å². The third-order valence-electron chi connectivity index (χ3n) is 3.21. The summed E-state index contributed by atoms with van der Waals surface area (Å²) in [7, 11) is 0. The summed E-state index contributed by atoms with van der Waals surface area (Å²) in [6.45, 7) is 8.84. The number of benzene rings is 1. The Bertz CT molecular complexity index is 765. The molecule has 0 radical (unpaired) electrons. The van der Waals surface area contributed by atoms with E-state index in [1.54, 1.807) is 39.0 Å². The van der Waals surface area contributed by atoms with Crippen LogP contribution in [0.15, 0.2) is 29.6 Å². The number of aromatic nitrogens is 1. The zero-order chi connectivity index (χ0) is 18.6. The van der Waals surface area contributed by atoms with E-state index in [2.05, 4.69) is 15.6 Å². The molecular weight excluding hydrogens is 338 g/mol. The Morgan fingerprint density at radius 1 is 1.24 bits per heavy atom. The van der Waals surface area contributed by atoms with Crippen molar-refractivity contribution in [2.45, 2.75) is 46.3 Å². The molecule has 1 atom stereocenters. The molecule has 0 bridgehead atoms. The molecule has 0 saturated heterocycles. The Hall–Kier alpha value is -2.41. The Kier molecular flexibility index (Phi) is 5.79. The van der Waals surface area contributed by atoms with Crippen LogP contribution in [0.2, 0.25) is 0 Å². The first-order valence-corrected chi connectivity index (χ1v) is 8.85. The fraction of sp³-hybridized carbons (Fsp3) is 0.389. The number of alkyl carbamates (subject to hydrolysis) is 1. The summed E-state index contributed by atoms with van der Waals surface area (Å²) in [5, 5.41) is 8.28. The first-order chi connectivity index (χ1) is 11.7. The first kappa shape index (κ1) is 18.9. The number of aryl methyl sites for hydroxylation is 1. The predicted molar refractivity (Wildman–Crippen MR) is 99.7 cm³/mol. The van der Waals surface area contributed by atoms with Gasteiger partial charge in [0, 0.05) is 10.9 Å². The van der Waals surface area contributed by atoms with Crippen LogP contribution in [0.4, 0.5) is 10.5 Å². The average molecular weight is 361 g/mol. The molecule has 2 rings (SSSR count). The number of carbonyl (C=O) groups excluding carboxylic acids is 2. The molecule has 0 spiro atoms. The van der Waals surface area contributed by atoms with E-state index < -0.39 is 17.7 Å². The van der Waals surface area contributed by atoms with Gasteiger partial charge >= 0.3 is 6.09 Å². The number of nitrogens with one attached hydrogen (secondary N) is 2. The zero-order valence-electron chi connectivity index (χ0n) is 15.0. The predicted octanol–water partition coefficient (Wildman–Crippen LogP) is 3.97. The maximum atomic E-state index is 12.4. The van der Waals surface area contributed by atoms with Crippen molar-refractivity contribution in [1.29, 1.82) is 0 Å². The van der Waals surface area contributed by atoms with Gasteiger partial charge in [0.05, 0.1) is 16.4 Å². The summed E-state index contributed by atoms with van der Waals surface area (Å²) in [4.78, 5) is 28.7. The summed E-state index contributed by atoms with van der Waals surface area (Å²) in [6, 6.07) is 6.70. The second-order valence-corrected chi connectivity index (χ2v) is 7.72. The largest absolute Gasteiger partial charge is 0.444 e. The number of amides is 2. The highest BCUT2D eigenvalue weighted by Gasteiger charge is 2.21. The summed E-state index contributed by atoms with van der Waals surface area (Å²) in [5.74, 6) is -0.328. The van der Waals surface area contributed by atoms with Crippen LogP contribution in [0.25, 0.3) is 11.3 Å². The minimum absolute atomic E-state index is 0.328. The second kappa shape index (κ2) is 7.65. The number of ether oxygens (including phenoxy) is 1. The number of hydrogen-bond donors (Lipinski definition) is 2. The van der Waals surface area contributed by atoms with Crippen LogP contribution < -0.4 is 10.6 Å². The van der Waals surface area contributed by atoms with Crippen LogP contribution in [0, 0.1) is 6.92 Å². The van der Waals surface area contributed by atoms with Gasteiger partial charge in [0.1, 0.15) is 11.6 Å². The summed E-state index contributed by atoms with van der Waals surface area (Å²) in [6.07, 6.45) is -0.626. The number of carbonyl (C=O) groups is 2. The van der Waals surface area contributed by atoms with Crippen molar-refractivity contribution in [3.05, 3.63) is 34.7 Å². The zero-order valence-corrected chi connectivity index (χ0v) is 15.9. The number of hydrogen-bond acceptors (Lipinski definition) is 5. The molecule has 2 aromatic rings.